The first kappa shape index (κ1) is 12.4. The van der Waals surface area contributed by atoms with E-state index in [1.54, 1.807) is 18.2 Å². The maximum atomic E-state index is 10.8. The normalized spacial score (nSPS) is 10.1. The lowest BCUT2D eigenvalue weighted by Gasteiger charge is -2.07. The second kappa shape index (κ2) is 5.51. The van der Waals surface area contributed by atoms with E-state index in [2.05, 4.69) is 10.3 Å². The molecule has 4 nitrogen and oxygen atoms in total. The number of hydrogen-bond donors (Lipinski definition) is 2. The molecular formula is C13H11ClN2O2. The first-order valence-corrected chi connectivity index (χ1v) is 5.72. The van der Waals surface area contributed by atoms with Crippen LogP contribution in [0.2, 0.25) is 5.02 Å². The summed E-state index contributed by atoms with van der Waals surface area (Å²) < 4.78 is 0. The van der Waals surface area contributed by atoms with Crippen LogP contribution in [0.4, 0.5) is 5.69 Å². The number of carboxylic acids is 1. The van der Waals surface area contributed by atoms with Crippen LogP contribution in [0.3, 0.4) is 0 Å². The van der Waals surface area contributed by atoms with Gasteiger partial charge in [0.1, 0.15) is 5.69 Å². The summed E-state index contributed by atoms with van der Waals surface area (Å²) in [5.41, 5.74) is 1.48. The number of rotatable bonds is 4. The molecule has 0 saturated carbocycles. The van der Waals surface area contributed by atoms with Crippen molar-refractivity contribution in [2.24, 2.45) is 0 Å². The zero-order valence-electron chi connectivity index (χ0n) is 9.43. The summed E-state index contributed by atoms with van der Waals surface area (Å²) in [6.45, 7) is 0.421. The fourth-order valence-corrected chi connectivity index (χ4v) is 1.69. The number of anilines is 1. The molecule has 1 aromatic heterocycles. The monoisotopic (exact) mass is 262 g/mol. The predicted octanol–water partition coefficient (Wildman–Crippen LogP) is 3.05. The van der Waals surface area contributed by atoms with Crippen LogP contribution in [0.25, 0.3) is 0 Å². The third-order valence-corrected chi connectivity index (χ3v) is 2.69. The number of nitrogens with zero attached hydrogens (tertiary/aromatic N) is 1. The standard InChI is InChI=1S/C13H11ClN2O2/c14-10-5-1-2-6-11(10)15-8-9-4-3-7-12(16-9)13(17)18/h1-7,15H,8H2,(H,17,18). The minimum absolute atomic E-state index is 0.0356. The largest absolute Gasteiger partial charge is 0.477 e. The third-order valence-electron chi connectivity index (χ3n) is 2.36. The summed E-state index contributed by atoms with van der Waals surface area (Å²) in [6, 6.07) is 12.2. The number of hydrogen-bond acceptors (Lipinski definition) is 3. The molecule has 1 aromatic carbocycles. The molecule has 18 heavy (non-hydrogen) atoms. The van der Waals surface area contributed by atoms with E-state index in [1.165, 1.54) is 6.07 Å². The zero-order chi connectivity index (χ0) is 13.0. The number of aromatic carboxylic acids is 1. The smallest absolute Gasteiger partial charge is 0.354 e. The van der Waals surface area contributed by atoms with Gasteiger partial charge < -0.3 is 10.4 Å². The maximum Gasteiger partial charge on any atom is 0.354 e. The zero-order valence-corrected chi connectivity index (χ0v) is 10.2. The van der Waals surface area contributed by atoms with Gasteiger partial charge in [0.2, 0.25) is 0 Å². The summed E-state index contributed by atoms with van der Waals surface area (Å²) in [5, 5.41) is 12.6. The molecule has 0 bridgehead atoms. The van der Waals surface area contributed by atoms with Crippen LogP contribution >= 0.6 is 11.6 Å². The quantitative estimate of drug-likeness (QED) is 0.889. The van der Waals surface area contributed by atoms with Crippen molar-refractivity contribution < 1.29 is 9.90 Å². The number of carboxylic acid groups (broad SMARTS) is 1. The van der Waals surface area contributed by atoms with E-state index in [0.717, 1.165) is 5.69 Å². The molecule has 2 N–H and O–H groups in total. The van der Waals surface area contributed by atoms with Crippen molar-refractivity contribution in [2.75, 3.05) is 5.32 Å². The second-order valence-corrected chi connectivity index (χ2v) is 4.06. The lowest BCUT2D eigenvalue weighted by atomic mass is 10.2. The molecule has 2 rings (SSSR count). The number of pyridine rings is 1. The first-order valence-electron chi connectivity index (χ1n) is 5.34. The van der Waals surface area contributed by atoms with Gasteiger partial charge in [0.15, 0.2) is 0 Å². The molecule has 0 fully saturated rings. The molecule has 2 aromatic rings. The van der Waals surface area contributed by atoms with Crippen molar-refractivity contribution >= 4 is 23.3 Å². The Kier molecular flexibility index (Phi) is 3.79. The molecule has 0 aliphatic heterocycles. The van der Waals surface area contributed by atoms with Crippen LogP contribution in [-0.4, -0.2) is 16.1 Å². The number of para-hydroxylation sites is 1. The van der Waals surface area contributed by atoms with Crippen molar-refractivity contribution in [2.45, 2.75) is 6.54 Å². The molecule has 0 saturated heterocycles. The van der Waals surface area contributed by atoms with Crippen molar-refractivity contribution in [3.63, 3.8) is 0 Å². The van der Waals surface area contributed by atoms with Crippen LogP contribution < -0.4 is 5.32 Å². The Hall–Kier alpha value is -2.07. The van der Waals surface area contributed by atoms with Crippen LogP contribution in [0.15, 0.2) is 42.5 Å². The average molecular weight is 263 g/mol. The van der Waals surface area contributed by atoms with E-state index < -0.39 is 5.97 Å². The van der Waals surface area contributed by atoms with Gasteiger partial charge in [-0.1, -0.05) is 29.8 Å². The first-order chi connectivity index (χ1) is 8.66. The number of halogens is 1. The predicted molar refractivity (Wildman–Crippen MR) is 70.0 cm³/mol. The Morgan fingerprint density at radius 3 is 2.72 bits per heavy atom. The summed E-state index contributed by atoms with van der Waals surface area (Å²) in [6.07, 6.45) is 0. The summed E-state index contributed by atoms with van der Waals surface area (Å²) in [4.78, 5) is 14.8. The number of aromatic nitrogens is 1. The van der Waals surface area contributed by atoms with E-state index in [9.17, 15) is 4.79 Å². The van der Waals surface area contributed by atoms with Crippen molar-refractivity contribution in [1.82, 2.24) is 4.98 Å². The Balaban J connectivity index is 2.09. The number of carbonyl (C=O) groups is 1. The van der Waals surface area contributed by atoms with E-state index in [-0.39, 0.29) is 5.69 Å². The van der Waals surface area contributed by atoms with E-state index in [0.29, 0.717) is 17.3 Å². The third kappa shape index (κ3) is 2.99. The Morgan fingerprint density at radius 2 is 2.00 bits per heavy atom. The Morgan fingerprint density at radius 1 is 1.22 bits per heavy atom. The second-order valence-electron chi connectivity index (χ2n) is 3.65. The van der Waals surface area contributed by atoms with E-state index >= 15 is 0 Å². The van der Waals surface area contributed by atoms with Gasteiger partial charge in [0, 0.05) is 0 Å². The van der Waals surface area contributed by atoms with Crippen LogP contribution in [-0.2, 0) is 6.54 Å². The topological polar surface area (TPSA) is 62.2 Å². The van der Waals surface area contributed by atoms with Crippen LogP contribution in [0, 0.1) is 0 Å². The number of nitrogens with one attached hydrogen (secondary N) is 1. The summed E-state index contributed by atoms with van der Waals surface area (Å²) in [5.74, 6) is -1.03. The molecule has 0 aliphatic carbocycles. The minimum atomic E-state index is -1.03. The Bertz CT molecular complexity index is 572. The van der Waals surface area contributed by atoms with Crippen molar-refractivity contribution in [3.8, 4) is 0 Å². The highest BCUT2D eigenvalue weighted by atomic mass is 35.5. The van der Waals surface area contributed by atoms with Gasteiger partial charge in [0.05, 0.1) is 22.9 Å². The number of benzene rings is 1. The SMILES string of the molecule is O=C(O)c1cccc(CNc2ccccc2Cl)n1. The molecule has 92 valence electrons. The molecule has 1 heterocycles. The molecule has 0 amide bonds. The van der Waals surface area contributed by atoms with Gasteiger partial charge in [-0.25, -0.2) is 9.78 Å². The molecule has 0 aliphatic rings. The molecule has 0 spiro atoms. The van der Waals surface area contributed by atoms with Gasteiger partial charge in [-0.15, -0.1) is 0 Å². The molecule has 0 radical (unpaired) electrons. The minimum Gasteiger partial charge on any atom is -0.477 e. The molecule has 5 heteroatoms. The van der Waals surface area contributed by atoms with Gasteiger partial charge in [-0.3, -0.25) is 0 Å². The fraction of sp³-hybridized carbons (Fsp3) is 0.0769. The summed E-state index contributed by atoms with van der Waals surface area (Å²) >= 11 is 6.00. The maximum absolute atomic E-state index is 10.8. The molecule has 0 atom stereocenters. The van der Waals surface area contributed by atoms with E-state index in [1.807, 2.05) is 18.2 Å². The van der Waals surface area contributed by atoms with Gasteiger partial charge in [-0.05, 0) is 24.3 Å². The Labute approximate surface area is 109 Å². The average Bonchev–Trinajstić information content (AvgIpc) is 2.38. The van der Waals surface area contributed by atoms with Crippen molar-refractivity contribution in [3.05, 3.63) is 58.9 Å². The highest BCUT2D eigenvalue weighted by molar-refractivity contribution is 6.33. The molecule has 0 unspecified atom stereocenters. The lowest BCUT2D eigenvalue weighted by Crippen LogP contribution is -2.06. The highest BCUT2D eigenvalue weighted by Gasteiger charge is 2.05. The van der Waals surface area contributed by atoms with E-state index in [4.69, 9.17) is 16.7 Å². The van der Waals surface area contributed by atoms with Crippen LogP contribution in [0.5, 0.6) is 0 Å². The van der Waals surface area contributed by atoms with Crippen LogP contribution in [0.1, 0.15) is 16.2 Å². The van der Waals surface area contributed by atoms with Crippen molar-refractivity contribution in [1.29, 1.82) is 0 Å². The highest BCUT2D eigenvalue weighted by Crippen LogP contribution is 2.20. The lowest BCUT2D eigenvalue weighted by molar-refractivity contribution is 0.0690. The van der Waals surface area contributed by atoms with Gasteiger partial charge >= 0.3 is 5.97 Å². The van der Waals surface area contributed by atoms with Gasteiger partial charge in [0.25, 0.3) is 0 Å². The molecular weight excluding hydrogens is 252 g/mol. The fourth-order valence-electron chi connectivity index (χ4n) is 1.49. The summed E-state index contributed by atoms with van der Waals surface area (Å²) in [7, 11) is 0. The van der Waals surface area contributed by atoms with Gasteiger partial charge in [-0.2, -0.15) is 0 Å².